The number of carbonyl (C=O) groups is 1. The molecule has 0 aliphatic carbocycles. The van der Waals surface area contributed by atoms with E-state index in [0.717, 1.165) is 6.42 Å². The Balaban J connectivity index is 2.61. The van der Waals surface area contributed by atoms with Gasteiger partial charge in [0.15, 0.2) is 0 Å². The summed E-state index contributed by atoms with van der Waals surface area (Å²) < 4.78 is 0. The maximum atomic E-state index is 12.4. The minimum atomic E-state index is 0.397. The Morgan fingerprint density at radius 3 is 2.45 bits per heavy atom. The summed E-state index contributed by atoms with van der Waals surface area (Å²) >= 11 is 0. The first-order valence-electron chi connectivity index (χ1n) is 8.84. The molecule has 4 unspecified atom stereocenters. The van der Waals surface area contributed by atoms with Crippen LogP contribution in [0.2, 0.25) is 0 Å². The van der Waals surface area contributed by atoms with Gasteiger partial charge in [0.2, 0.25) is 5.91 Å². The second kappa shape index (κ2) is 8.69. The Kier molecular flexibility index (Phi) is 7.61. The molecule has 0 radical (unpaired) electrons. The molecule has 1 rings (SSSR count). The van der Waals surface area contributed by atoms with E-state index in [1.165, 1.54) is 44.9 Å². The van der Waals surface area contributed by atoms with E-state index in [0.29, 0.717) is 29.8 Å². The van der Waals surface area contributed by atoms with Crippen LogP contribution in [0, 0.1) is 11.8 Å². The van der Waals surface area contributed by atoms with Crippen molar-refractivity contribution in [3.63, 3.8) is 0 Å². The fourth-order valence-electron chi connectivity index (χ4n) is 3.68. The van der Waals surface area contributed by atoms with Crippen LogP contribution in [0.4, 0.5) is 0 Å². The third-order valence-electron chi connectivity index (χ3n) is 5.16. The van der Waals surface area contributed by atoms with Gasteiger partial charge in [0.05, 0.1) is 0 Å². The average Bonchev–Trinajstić information content (AvgIpc) is 2.68. The summed E-state index contributed by atoms with van der Waals surface area (Å²) in [5, 5.41) is 0. The Morgan fingerprint density at radius 1 is 1.15 bits per heavy atom. The van der Waals surface area contributed by atoms with Crippen LogP contribution in [0.15, 0.2) is 0 Å². The Hall–Kier alpha value is -0.530. The van der Waals surface area contributed by atoms with E-state index in [9.17, 15) is 4.79 Å². The average molecular weight is 281 g/mol. The predicted octanol–water partition coefficient (Wildman–Crippen LogP) is 5.02. The van der Waals surface area contributed by atoms with Gasteiger partial charge in [-0.15, -0.1) is 0 Å². The fraction of sp³-hybridized carbons (Fsp3) is 0.944. The van der Waals surface area contributed by atoms with Crippen molar-refractivity contribution in [2.75, 3.05) is 0 Å². The van der Waals surface area contributed by atoms with Crippen molar-refractivity contribution in [1.82, 2.24) is 4.90 Å². The summed E-state index contributed by atoms with van der Waals surface area (Å²) in [5.41, 5.74) is 0. The van der Waals surface area contributed by atoms with Gasteiger partial charge in [0.25, 0.3) is 0 Å². The van der Waals surface area contributed by atoms with Crippen LogP contribution >= 0.6 is 0 Å². The molecule has 118 valence electrons. The molecule has 0 spiro atoms. The van der Waals surface area contributed by atoms with E-state index >= 15 is 0 Å². The van der Waals surface area contributed by atoms with E-state index in [4.69, 9.17) is 0 Å². The highest BCUT2D eigenvalue weighted by Crippen LogP contribution is 2.33. The molecule has 2 nitrogen and oxygen atoms in total. The van der Waals surface area contributed by atoms with Gasteiger partial charge in [-0.1, -0.05) is 59.8 Å². The van der Waals surface area contributed by atoms with Gasteiger partial charge in [-0.3, -0.25) is 4.79 Å². The first-order chi connectivity index (χ1) is 9.52. The lowest BCUT2D eigenvalue weighted by molar-refractivity contribution is -0.132. The van der Waals surface area contributed by atoms with Crippen LogP contribution in [-0.4, -0.2) is 22.9 Å². The summed E-state index contributed by atoms with van der Waals surface area (Å²) in [4.78, 5) is 14.6. The molecule has 1 aliphatic heterocycles. The zero-order chi connectivity index (χ0) is 15.1. The number of nitrogens with zero attached hydrogens (tertiary/aromatic N) is 1. The number of carbonyl (C=O) groups excluding carboxylic acids is 1. The number of likely N-dealkylation sites (tertiary alicyclic amines) is 1. The highest BCUT2D eigenvalue weighted by molar-refractivity contribution is 5.79. The first-order valence-corrected chi connectivity index (χ1v) is 8.84. The van der Waals surface area contributed by atoms with Gasteiger partial charge < -0.3 is 4.90 Å². The summed E-state index contributed by atoms with van der Waals surface area (Å²) in [6, 6.07) is 0.900. The molecule has 1 heterocycles. The Labute approximate surface area is 126 Å². The maximum absolute atomic E-state index is 12.4. The van der Waals surface area contributed by atoms with Gasteiger partial charge in [-0.2, -0.15) is 0 Å². The van der Waals surface area contributed by atoms with Gasteiger partial charge in [0, 0.05) is 18.5 Å². The second-order valence-electron chi connectivity index (χ2n) is 6.91. The maximum Gasteiger partial charge on any atom is 0.223 e. The number of hydrogen-bond donors (Lipinski definition) is 0. The normalized spacial score (nSPS) is 26.1. The molecule has 0 aromatic carbocycles. The van der Waals surface area contributed by atoms with Crippen molar-refractivity contribution in [1.29, 1.82) is 0 Å². The predicted molar refractivity (Wildman–Crippen MR) is 86.7 cm³/mol. The first kappa shape index (κ1) is 17.5. The highest BCUT2D eigenvalue weighted by atomic mass is 16.2. The van der Waals surface area contributed by atoms with E-state index < -0.39 is 0 Å². The molecule has 1 saturated heterocycles. The molecule has 20 heavy (non-hydrogen) atoms. The van der Waals surface area contributed by atoms with Crippen LogP contribution in [0.3, 0.4) is 0 Å². The zero-order valence-electron chi connectivity index (χ0n) is 14.3. The van der Waals surface area contributed by atoms with Gasteiger partial charge in [-0.25, -0.2) is 0 Å². The third-order valence-corrected chi connectivity index (χ3v) is 5.16. The molecular formula is C18H35NO. The minimum absolute atomic E-state index is 0.397. The largest absolute Gasteiger partial charge is 0.336 e. The van der Waals surface area contributed by atoms with Crippen molar-refractivity contribution in [3.05, 3.63) is 0 Å². The summed E-state index contributed by atoms with van der Waals surface area (Å²) in [7, 11) is 0. The molecule has 1 aliphatic rings. The molecule has 4 atom stereocenters. The molecule has 1 amide bonds. The van der Waals surface area contributed by atoms with Crippen LogP contribution < -0.4 is 0 Å². The Bertz CT molecular complexity index is 289. The van der Waals surface area contributed by atoms with E-state index in [2.05, 4.69) is 39.5 Å². The number of rotatable bonds is 9. The second-order valence-corrected chi connectivity index (χ2v) is 6.91. The van der Waals surface area contributed by atoms with E-state index in [1.807, 2.05) is 0 Å². The van der Waals surface area contributed by atoms with Crippen LogP contribution in [0.1, 0.15) is 86.0 Å². The van der Waals surface area contributed by atoms with Crippen molar-refractivity contribution in [2.45, 2.75) is 98.1 Å². The van der Waals surface area contributed by atoms with Gasteiger partial charge in [-0.05, 0) is 31.6 Å². The smallest absolute Gasteiger partial charge is 0.223 e. The van der Waals surface area contributed by atoms with Gasteiger partial charge >= 0.3 is 0 Å². The summed E-state index contributed by atoms with van der Waals surface area (Å²) in [5.74, 6) is 1.56. The number of unbranched alkanes of at least 4 members (excludes halogenated alkanes) is 3. The monoisotopic (exact) mass is 281 g/mol. The Morgan fingerprint density at radius 2 is 1.85 bits per heavy atom. The molecule has 1 fully saturated rings. The standard InChI is InChI=1S/C18H35NO/c1-6-8-9-10-12-17-15(4)13-18(20)19(17)16(5)14(3)11-7-2/h14-17H,6-13H2,1-5H3. The van der Waals surface area contributed by atoms with Gasteiger partial charge in [0.1, 0.15) is 0 Å². The quantitative estimate of drug-likeness (QED) is 0.543. The third kappa shape index (κ3) is 4.49. The van der Waals surface area contributed by atoms with Crippen LogP contribution in [-0.2, 0) is 4.79 Å². The topological polar surface area (TPSA) is 20.3 Å². The number of amides is 1. The number of hydrogen-bond acceptors (Lipinski definition) is 1. The van der Waals surface area contributed by atoms with Crippen molar-refractivity contribution in [3.8, 4) is 0 Å². The molecule has 0 aromatic rings. The molecule has 0 aromatic heterocycles. The lowest BCUT2D eigenvalue weighted by Crippen LogP contribution is -2.44. The lowest BCUT2D eigenvalue weighted by Gasteiger charge is -2.36. The molecule has 2 heteroatoms. The minimum Gasteiger partial charge on any atom is -0.336 e. The molecule has 0 bridgehead atoms. The van der Waals surface area contributed by atoms with Crippen molar-refractivity contribution >= 4 is 5.91 Å². The van der Waals surface area contributed by atoms with Crippen LogP contribution in [0.5, 0.6) is 0 Å². The molecular weight excluding hydrogens is 246 g/mol. The summed E-state index contributed by atoms with van der Waals surface area (Å²) in [6.45, 7) is 11.3. The molecule has 0 saturated carbocycles. The summed E-state index contributed by atoms with van der Waals surface area (Å²) in [6.07, 6.45) is 9.62. The molecule has 0 N–H and O–H groups in total. The van der Waals surface area contributed by atoms with Crippen molar-refractivity contribution < 1.29 is 4.79 Å². The van der Waals surface area contributed by atoms with E-state index in [1.54, 1.807) is 0 Å². The fourth-order valence-corrected chi connectivity index (χ4v) is 3.68. The lowest BCUT2D eigenvalue weighted by atomic mass is 9.93. The highest BCUT2D eigenvalue weighted by Gasteiger charge is 2.40. The van der Waals surface area contributed by atoms with E-state index in [-0.39, 0.29) is 0 Å². The SMILES string of the molecule is CCCCCCC1C(C)CC(=O)N1C(C)C(C)CCC. The van der Waals surface area contributed by atoms with Crippen molar-refractivity contribution in [2.24, 2.45) is 11.8 Å². The van der Waals surface area contributed by atoms with Crippen LogP contribution in [0.25, 0.3) is 0 Å². The zero-order valence-corrected chi connectivity index (χ0v) is 14.3.